The summed E-state index contributed by atoms with van der Waals surface area (Å²) in [7, 11) is 0. The summed E-state index contributed by atoms with van der Waals surface area (Å²) in [5.41, 5.74) is 0. The van der Waals surface area contributed by atoms with E-state index in [1.54, 1.807) is 0 Å². The van der Waals surface area contributed by atoms with E-state index in [0.717, 1.165) is 13.1 Å². The molecule has 2 rings (SSSR count). The van der Waals surface area contributed by atoms with Gasteiger partial charge in [-0.15, -0.1) is 0 Å². The van der Waals surface area contributed by atoms with Crippen LogP contribution in [0, 0.1) is 5.92 Å². The van der Waals surface area contributed by atoms with Crippen LogP contribution in [0.4, 0.5) is 0 Å². The topological polar surface area (TPSA) is 32.3 Å². The lowest BCUT2D eigenvalue weighted by Gasteiger charge is -2.45. The van der Waals surface area contributed by atoms with Crippen LogP contribution in [0.5, 0.6) is 0 Å². The highest BCUT2D eigenvalue weighted by molar-refractivity contribution is 5.78. The zero-order valence-corrected chi connectivity index (χ0v) is 9.83. The predicted molar refractivity (Wildman–Crippen MR) is 60.6 cm³/mol. The number of hydrogen-bond acceptors (Lipinski definition) is 2. The highest BCUT2D eigenvalue weighted by Gasteiger charge is 2.35. The van der Waals surface area contributed by atoms with Crippen LogP contribution >= 0.6 is 0 Å². The first-order valence-electron chi connectivity index (χ1n) is 6.24. The third-order valence-corrected chi connectivity index (χ3v) is 3.67. The molecule has 1 N–H and O–H groups in total. The second-order valence-electron chi connectivity index (χ2n) is 5.10. The lowest BCUT2D eigenvalue weighted by molar-refractivity contribution is -0.139. The Morgan fingerprint density at radius 2 is 2.07 bits per heavy atom. The van der Waals surface area contributed by atoms with E-state index in [0.29, 0.717) is 18.0 Å². The fourth-order valence-electron chi connectivity index (χ4n) is 2.86. The smallest absolute Gasteiger partial charge is 0.225 e. The summed E-state index contributed by atoms with van der Waals surface area (Å²) in [6.07, 6.45) is 5.03. The lowest BCUT2D eigenvalue weighted by atomic mass is 9.87. The molecule has 3 nitrogen and oxygen atoms in total. The standard InChI is InChI=1S/C12H22N2O/c1-9(2)12(15)14-8-7-13-10-5-3-4-6-11(10)14/h9-11,13H,3-8H2,1-2H3. The van der Waals surface area contributed by atoms with Gasteiger partial charge in [-0.3, -0.25) is 4.79 Å². The summed E-state index contributed by atoms with van der Waals surface area (Å²) >= 11 is 0. The molecular weight excluding hydrogens is 188 g/mol. The Hall–Kier alpha value is -0.570. The molecule has 2 fully saturated rings. The number of carbonyl (C=O) groups excluding carboxylic acids is 1. The maximum atomic E-state index is 12.1. The summed E-state index contributed by atoms with van der Waals surface area (Å²) in [4.78, 5) is 14.2. The zero-order chi connectivity index (χ0) is 10.8. The first kappa shape index (κ1) is 10.9. The van der Waals surface area contributed by atoms with Gasteiger partial charge in [0.25, 0.3) is 0 Å². The van der Waals surface area contributed by atoms with Crippen molar-refractivity contribution in [2.75, 3.05) is 13.1 Å². The van der Waals surface area contributed by atoms with Crippen LogP contribution in [0.25, 0.3) is 0 Å². The Balaban J connectivity index is 2.06. The summed E-state index contributed by atoms with van der Waals surface area (Å²) < 4.78 is 0. The molecule has 2 unspecified atom stereocenters. The maximum absolute atomic E-state index is 12.1. The van der Waals surface area contributed by atoms with Gasteiger partial charge in [0, 0.05) is 31.1 Å². The minimum atomic E-state index is 0.144. The number of nitrogens with zero attached hydrogens (tertiary/aromatic N) is 1. The number of amides is 1. The largest absolute Gasteiger partial charge is 0.337 e. The molecule has 0 aromatic rings. The second-order valence-corrected chi connectivity index (χ2v) is 5.10. The average molecular weight is 210 g/mol. The predicted octanol–water partition coefficient (Wildman–Crippen LogP) is 1.39. The fraction of sp³-hybridized carbons (Fsp3) is 0.917. The number of fused-ring (bicyclic) bond motifs is 1. The molecule has 1 saturated heterocycles. The molecule has 15 heavy (non-hydrogen) atoms. The van der Waals surface area contributed by atoms with Crippen molar-refractivity contribution in [2.45, 2.75) is 51.6 Å². The summed E-state index contributed by atoms with van der Waals surface area (Å²) in [5, 5.41) is 3.55. The highest BCUT2D eigenvalue weighted by atomic mass is 16.2. The number of nitrogens with one attached hydrogen (secondary N) is 1. The first-order chi connectivity index (χ1) is 7.20. The van der Waals surface area contributed by atoms with Gasteiger partial charge in [0.15, 0.2) is 0 Å². The van der Waals surface area contributed by atoms with Crippen LogP contribution in [0.15, 0.2) is 0 Å². The van der Waals surface area contributed by atoms with Crippen LogP contribution in [0.1, 0.15) is 39.5 Å². The van der Waals surface area contributed by atoms with Gasteiger partial charge in [0.1, 0.15) is 0 Å². The van der Waals surface area contributed by atoms with Crippen molar-refractivity contribution in [1.29, 1.82) is 0 Å². The second kappa shape index (κ2) is 4.52. The summed E-state index contributed by atoms with van der Waals surface area (Å²) in [6, 6.07) is 1.04. The van der Waals surface area contributed by atoms with Crippen LogP contribution in [-0.4, -0.2) is 36.0 Å². The van der Waals surface area contributed by atoms with Crippen molar-refractivity contribution < 1.29 is 4.79 Å². The number of piperazine rings is 1. The monoisotopic (exact) mass is 210 g/mol. The minimum Gasteiger partial charge on any atom is -0.337 e. The van der Waals surface area contributed by atoms with E-state index < -0.39 is 0 Å². The van der Waals surface area contributed by atoms with Crippen molar-refractivity contribution in [1.82, 2.24) is 10.2 Å². The van der Waals surface area contributed by atoms with Gasteiger partial charge in [-0.25, -0.2) is 0 Å². The van der Waals surface area contributed by atoms with Gasteiger partial charge in [-0.2, -0.15) is 0 Å². The quantitative estimate of drug-likeness (QED) is 0.709. The SMILES string of the molecule is CC(C)C(=O)N1CCNC2CCCCC21. The van der Waals surface area contributed by atoms with Gasteiger partial charge in [-0.05, 0) is 12.8 Å². The third kappa shape index (κ3) is 2.17. The van der Waals surface area contributed by atoms with Crippen LogP contribution in [0.3, 0.4) is 0 Å². The average Bonchev–Trinajstić information content (AvgIpc) is 2.27. The Kier molecular flexibility index (Phi) is 3.29. The van der Waals surface area contributed by atoms with Crippen molar-refractivity contribution in [2.24, 2.45) is 5.92 Å². The van der Waals surface area contributed by atoms with E-state index in [4.69, 9.17) is 0 Å². The van der Waals surface area contributed by atoms with E-state index in [-0.39, 0.29) is 5.92 Å². The molecule has 2 aliphatic rings. The summed E-state index contributed by atoms with van der Waals surface area (Å²) in [5.74, 6) is 0.485. The molecule has 0 bridgehead atoms. The van der Waals surface area contributed by atoms with E-state index >= 15 is 0 Å². The van der Waals surface area contributed by atoms with E-state index in [9.17, 15) is 4.79 Å². The normalized spacial score (nSPS) is 31.5. The zero-order valence-electron chi connectivity index (χ0n) is 9.83. The molecule has 86 valence electrons. The Bertz CT molecular complexity index is 238. The number of rotatable bonds is 1. The Labute approximate surface area is 92.2 Å². The van der Waals surface area contributed by atoms with E-state index in [1.807, 2.05) is 13.8 Å². The highest BCUT2D eigenvalue weighted by Crippen LogP contribution is 2.26. The van der Waals surface area contributed by atoms with Crippen LogP contribution < -0.4 is 5.32 Å². The van der Waals surface area contributed by atoms with E-state index in [1.165, 1.54) is 25.7 Å². The fourth-order valence-corrected chi connectivity index (χ4v) is 2.86. The third-order valence-electron chi connectivity index (χ3n) is 3.67. The molecule has 0 spiro atoms. The van der Waals surface area contributed by atoms with Crippen molar-refractivity contribution in [3.8, 4) is 0 Å². The molecule has 1 aliphatic heterocycles. The maximum Gasteiger partial charge on any atom is 0.225 e. The van der Waals surface area contributed by atoms with Crippen molar-refractivity contribution in [3.05, 3.63) is 0 Å². The van der Waals surface area contributed by atoms with Gasteiger partial charge >= 0.3 is 0 Å². The molecule has 0 aromatic carbocycles. The molecule has 3 heteroatoms. The number of carbonyl (C=O) groups is 1. The molecule has 1 heterocycles. The molecule has 0 aromatic heterocycles. The molecular formula is C12H22N2O. The van der Waals surface area contributed by atoms with E-state index in [2.05, 4.69) is 10.2 Å². The molecule has 0 radical (unpaired) electrons. The molecule has 1 amide bonds. The molecule has 2 atom stereocenters. The minimum absolute atomic E-state index is 0.144. The first-order valence-corrected chi connectivity index (χ1v) is 6.24. The number of hydrogen-bond donors (Lipinski definition) is 1. The van der Waals surface area contributed by atoms with Gasteiger partial charge in [0.2, 0.25) is 5.91 Å². The van der Waals surface area contributed by atoms with Gasteiger partial charge in [0.05, 0.1) is 0 Å². The Morgan fingerprint density at radius 3 is 2.80 bits per heavy atom. The molecule has 1 saturated carbocycles. The molecule has 1 aliphatic carbocycles. The van der Waals surface area contributed by atoms with Gasteiger partial charge < -0.3 is 10.2 Å². The van der Waals surface area contributed by atoms with Crippen molar-refractivity contribution >= 4 is 5.91 Å². The Morgan fingerprint density at radius 1 is 1.33 bits per heavy atom. The van der Waals surface area contributed by atoms with Gasteiger partial charge in [-0.1, -0.05) is 26.7 Å². The van der Waals surface area contributed by atoms with Crippen molar-refractivity contribution in [3.63, 3.8) is 0 Å². The van der Waals surface area contributed by atoms with Crippen LogP contribution in [0.2, 0.25) is 0 Å². The lowest BCUT2D eigenvalue weighted by Crippen LogP contribution is -2.61. The summed E-state index contributed by atoms with van der Waals surface area (Å²) in [6.45, 7) is 5.88. The van der Waals surface area contributed by atoms with Crippen LogP contribution in [-0.2, 0) is 4.79 Å².